The van der Waals surface area contributed by atoms with Gasteiger partial charge in [0.05, 0.1) is 7.11 Å². The standard InChI is InChI=1S/C13H25NO3S/c1-10(18-8-4-7-15)9-13(2,12(16)17-3)14-11-5-6-11/h10-11,14-15H,4-9H2,1-3H3. The average Bonchev–Trinajstić information content (AvgIpc) is 3.11. The molecule has 5 heteroatoms. The summed E-state index contributed by atoms with van der Waals surface area (Å²) in [7, 11) is 1.44. The van der Waals surface area contributed by atoms with Crippen molar-refractivity contribution in [2.45, 2.75) is 56.4 Å². The van der Waals surface area contributed by atoms with Crippen molar-refractivity contribution >= 4 is 17.7 Å². The fourth-order valence-electron chi connectivity index (χ4n) is 2.09. The first-order valence-corrected chi connectivity index (χ1v) is 7.65. The molecule has 1 aliphatic rings. The van der Waals surface area contributed by atoms with Crippen LogP contribution in [-0.4, -0.2) is 47.4 Å². The molecule has 106 valence electrons. The highest BCUT2D eigenvalue weighted by Gasteiger charge is 2.40. The molecule has 1 saturated carbocycles. The zero-order chi connectivity index (χ0) is 13.6. The molecule has 1 rings (SSSR count). The predicted octanol–water partition coefficient (Wildman–Crippen LogP) is 1.56. The molecule has 4 nitrogen and oxygen atoms in total. The monoisotopic (exact) mass is 275 g/mol. The number of carbonyl (C=O) groups is 1. The van der Waals surface area contributed by atoms with E-state index in [0.29, 0.717) is 11.3 Å². The van der Waals surface area contributed by atoms with Crippen LogP contribution in [0.4, 0.5) is 0 Å². The molecule has 18 heavy (non-hydrogen) atoms. The molecule has 1 aliphatic carbocycles. The first-order valence-electron chi connectivity index (χ1n) is 6.60. The minimum Gasteiger partial charge on any atom is -0.468 e. The fraction of sp³-hybridized carbons (Fsp3) is 0.923. The van der Waals surface area contributed by atoms with Gasteiger partial charge in [-0.2, -0.15) is 11.8 Å². The molecule has 0 aromatic carbocycles. The quantitative estimate of drug-likeness (QED) is 0.494. The SMILES string of the molecule is COC(=O)C(C)(CC(C)SCCCO)NC1CC1. The number of hydrogen-bond donors (Lipinski definition) is 2. The molecular formula is C13H25NO3S. The Balaban J connectivity index is 2.46. The van der Waals surface area contributed by atoms with Gasteiger partial charge in [-0.3, -0.25) is 10.1 Å². The van der Waals surface area contributed by atoms with Crippen LogP contribution < -0.4 is 5.32 Å². The molecule has 0 aromatic rings. The van der Waals surface area contributed by atoms with Gasteiger partial charge in [-0.05, 0) is 38.4 Å². The predicted molar refractivity (Wildman–Crippen MR) is 74.8 cm³/mol. The van der Waals surface area contributed by atoms with Crippen molar-refractivity contribution in [1.29, 1.82) is 0 Å². The Morgan fingerprint density at radius 1 is 1.61 bits per heavy atom. The maximum absolute atomic E-state index is 11.9. The Morgan fingerprint density at radius 2 is 2.28 bits per heavy atom. The second-order valence-electron chi connectivity index (χ2n) is 5.20. The van der Waals surface area contributed by atoms with Crippen LogP contribution in [0.25, 0.3) is 0 Å². The number of methoxy groups -OCH3 is 1. The number of nitrogens with one attached hydrogen (secondary N) is 1. The van der Waals surface area contributed by atoms with E-state index in [1.165, 1.54) is 7.11 Å². The van der Waals surface area contributed by atoms with Crippen LogP contribution >= 0.6 is 11.8 Å². The first kappa shape index (κ1) is 15.8. The van der Waals surface area contributed by atoms with Crippen LogP contribution in [0.2, 0.25) is 0 Å². The average molecular weight is 275 g/mol. The van der Waals surface area contributed by atoms with Crippen molar-refractivity contribution in [2.75, 3.05) is 19.5 Å². The van der Waals surface area contributed by atoms with Crippen molar-refractivity contribution in [3.8, 4) is 0 Å². The van der Waals surface area contributed by atoms with Crippen molar-refractivity contribution in [3.63, 3.8) is 0 Å². The number of aliphatic hydroxyl groups excluding tert-OH is 1. The van der Waals surface area contributed by atoms with Crippen molar-refractivity contribution in [2.24, 2.45) is 0 Å². The third kappa shape index (κ3) is 5.16. The first-order chi connectivity index (χ1) is 8.51. The normalized spacial score (nSPS) is 20.2. The Kier molecular flexibility index (Phi) is 6.46. The number of rotatable bonds is 9. The highest BCUT2D eigenvalue weighted by Crippen LogP contribution is 2.28. The molecule has 0 saturated heterocycles. The third-order valence-corrected chi connectivity index (χ3v) is 4.40. The summed E-state index contributed by atoms with van der Waals surface area (Å²) < 4.78 is 4.92. The molecule has 0 aliphatic heterocycles. The Labute approximate surface area is 114 Å². The molecule has 0 bridgehead atoms. The van der Waals surface area contributed by atoms with Crippen LogP contribution in [0.5, 0.6) is 0 Å². The molecule has 0 heterocycles. The van der Waals surface area contributed by atoms with E-state index in [9.17, 15) is 4.79 Å². The number of ether oxygens (including phenoxy) is 1. The largest absolute Gasteiger partial charge is 0.468 e. The lowest BCUT2D eigenvalue weighted by atomic mass is 9.96. The van der Waals surface area contributed by atoms with E-state index in [0.717, 1.165) is 31.4 Å². The van der Waals surface area contributed by atoms with E-state index in [-0.39, 0.29) is 12.6 Å². The third-order valence-electron chi connectivity index (χ3n) is 3.14. The highest BCUT2D eigenvalue weighted by atomic mass is 32.2. The van der Waals surface area contributed by atoms with Gasteiger partial charge in [0.15, 0.2) is 0 Å². The summed E-state index contributed by atoms with van der Waals surface area (Å²) >= 11 is 1.80. The van der Waals surface area contributed by atoms with E-state index in [1.54, 1.807) is 11.8 Å². The zero-order valence-electron chi connectivity index (χ0n) is 11.6. The summed E-state index contributed by atoms with van der Waals surface area (Å²) in [5.41, 5.74) is -0.582. The second kappa shape index (κ2) is 7.36. The summed E-state index contributed by atoms with van der Waals surface area (Å²) in [5.74, 6) is 0.752. The van der Waals surface area contributed by atoms with Crippen LogP contribution in [0.15, 0.2) is 0 Å². The van der Waals surface area contributed by atoms with Gasteiger partial charge in [-0.25, -0.2) is 0 Å². The molecule has 2 unspecified atom stereocenters. The van der Waals surface area contributed by atoms with E-state index >= 15 is 0 Å². The van der Waals surface area contributed by atoms with Gasteiger partial charge in [0.2, 0.25) is 0 Å². The molecule has 0 aromatic heterocycles. The lowest BCUT2D eigenvalue weighted by Gasteiger charge is -2.30. The smallest absolute Gasteiger partial charge is 0.325 e. The summed E-state index contributed by atoms with van der Waals surface area (Å²) in [6, 6.07) is 0.476. The number of thioether (sulfide) groups is 1. The number of aliphatic hydroxyl groups is 1. The number of hydrogen-bond acceptors (Lipinski definition) is 5. The zero-order valence-corrected chi connectivity index (χ0v) is 12.4. The second-order valence-corrected chi connectivity index (χ2v) is 6.75. The summed E-state index contributed by atoms with van der Waals surface area (Å²) in [6.07, 6.45) is 3.86. The molecule has 2 atom stereocenters. The Morgan fingerprint density at radius 3 is 2.78 bits per heavy atom. The topological polar surface area (TPSA) is 58.6 Å². The maximum Gasteiger partial charge on any atom is 0.325 e. The van der Waals surface area contributed by atoms with Gasteiger partial charge >= 0.3 is 5.97 Å². The van der Waals surface area contributed by atoms with Crippen LogP contribution in [0.3, 0.4) is 0 Å². The van der Waals surface area contributed by atoms with Gasteiger partial charge in [0, 0.05) is 17.9 Å². The Hall–Kier alpha value is -0.260. The van der Waals surface area contributed by atoms with E-state index in [1.807, 2.05) is 6.92 Å². The number of esters is 1. The van der Waals surface area contributed by atoms with Gasteiger partial charge in [0.1, 0.15) is 5.54 Å². The van der Waals surface area contributed by atoms with Crippen molar-refractivity contribution in [1.82, 2.24) is 5.32 Å². The van der Waals surface area contributed by atoms with E-state index in [4.69, 9.17) is 9.84 Å². The van der Waals surface area contributed by atoms with Crippen LogP contribution in [0, 0.1) is 0 Å². The highest BCUT2D eigenvalue weighted by molar-refractivity contribution is 7.99. The van der Waals surface area contributed by atoms with E-state index < -0.39 is 5.54 Å². The summed E-state index contributed by atoms with van der Waals surface area (Å²) in [6.45, 7) is 4.28. The molecule has 0 radical (unpaired) electrons. The lowest BCUT2D eigenvalue weighted by molar-refractivity contribution is -0.148. The van der Waals surface area contributed by atoms with Crippen LogP contribution in [0.1, 0.15) is 39.5 Å². The maximum atomic E-state index is 11.9. The minimum atomic E-state index is -0.582. The molecule has 2 N–H and O–H groups in total. The molecular weight excluding hydrogens is 250 g/mol. The fourth-order valence-corrected chi connectivity index (χ4v) is 3.24. The summed E-state index contributed by atoms with van der Waals surface area (Å²) in [4.78, 5) is 11.9. The van der Waals surface area contributed by atoms with E-state index in [2.05, 4.69) is 12.2 Å². The number of carbonyl (C=O) groups excluding carboxylic acids is 1. The van der Waals surface area contributed by atoms with Crippen molar-refractivity contribution < 1.29 is 14.6 Å². The molecule has 0 amide bonds. The van der Waals surface area contributed by atoms with Gasteiger partial charge in [-0.15, -0.1) is 0 Å². The lowest BCUT2D eigenvalue weighted by Crippen LogP contribution is -2.52. The summed E-state index contributed by atoms with van der Waals surface area (Å²) in [5, 5.41) is 12.5. The Bertz CT molecular complexity index is 271. The van der Waals surface area contributed by atoms with Crippen LogP contribution in [-0.2, 0) is 9.53 Å². The molecule has 0 spiro atoms. The van der Waals surface area contributed by atoms with Gasteiger partial charge in [0.25, 0.3) is 0 Å². The minimum absolute atomic E-state index is 0.177. The molecule has 1 fully saturated rings. The van der Waals surface area contributed by atoms with Gasteiger partial charge < -0.3 is 9.84 Å². The van der Waals surface area contributed by atoms with Gasteiger partial charge in [-0.1, -0.05) is 6.92 Å². The van der Waals surface area contributed by atoms with Crippen molar-refractivity contribution in [3.05, 3.63) is 0 Å².